The fourth-order valence-corrected chi connectivity index (χ4v) is 2.34. The van der Waals surface area contributed by atoms with E-state index in [9.17, 15) is 9.59 Å². The number of ether oxygens (including phenoxy) is 1. The number of pyridine rings is 1. The van der Waals surface area contributed by atoms with Gasteiger partial charge in [-0.3, -0.25) is 9.69 Å². The number of Topliss-reactive ketones (excluding diaryl/α,β-unsaturated/α-hetero) is 1. The van der Waals surface area contributed by atoms with Crippen LogP contribution >= 0.6 is 0 Å². The molecular formula is C16H21N3O3. The molecule has 2 heterocycles. The van der Waals surface area contributed by atoms with E-state index in [4.69, 9.17) is 4.74 Å². The van der Waals surface area contributed by atoms with Crippen LogP contribution in [-0.4, -0.2) is 35.0 Å². The van der Waals surface area contributed by atoms with Gasteiger partial charge in [0, 0.05) is 19.0 Å². The van der Waals surface area contributed by atoms with Crippen molar-refractivity contribution >= 4 is 23.5 Å². The van der Waals surface area contributed by atoms with Crippen molar-refractivity contribution in [1.29, 1.82) is 0 Å². The standard InChI is InChI=1S/C16H21N3O3/c1-16(2,3)22-15(21)19-9-8-12(20)11-6-7-13(18-14(11)19)17-10-4-5-10/h6-7,10H,4-5,8-9H2,1-3H3,(H,17,18). The van der Waals surface area contributed by atoms with E-state index in [2.05, 4.69) is 10.3 Å². The predicted octanol–water partition coefficient (Wildman–Crippen LogP) is 2.98. The van der Waals surface area contributed by atoms with E-state index >= 15 is 0 Å². The lowest BCUT2D eigenvalue weighted by molar-refractivity contribution is 0.0576. The monoisotopic (exact) mass is 303 g/mol. The summed E-state index contributed by atoms with van der Waals surface area (Å²) in [6, 6.07) is 4.00. The third kappa shape index (κ3) is 3.21. The van der Waals surface area contributed by atoms with Crippen molar-refractivity contribution in [2.75, 3.05) is 16.8 Å². The number of anilines is 2. The normalized spacial score (nSPS) is 18.0. The molecule has 0 atom stereocenters. The molecule has 22 heavy (non-hydrogen) atoms. The Bertz CT molecular complexity index is 618. The molecule has 0 radical (unpaired) electrons. The Morgan fingerprint density at radius 2 is 2.09 bits per heavy atom. The number of carbonyl (C=O) groups is 2. The van der Waals surface area contributed by atoms with E-state index in [1.165, 1.54) is 4.90 Å². The third-order valence-electron chi connectivity index (χ3n) is 3.54. The fourth-order valence-electron chi connectivity index (χ4n) is 2.34. The van der Waals surface area contributed by atoms with Crippen molar-refractivity contribution < 1.29 is 14.3 Å². The first-order valence-corrected chi connectivity index (χ1v) is 7.65. The summed E-state index contributed by atoms with van der Waals surface area (Å²) in [5, 5.41) is 3.29. The second-order valence-corrected chi connectivity index (χ2v) is 6.79. The van der Waals surface area contributed by atoms with Gasteiger partial charge >= 0.3 is 6.09 Å². The molecule has 1 aromatic rings. The highest BCUT2D eigenvalue weighted by atomic mass is 16.6. The molecule has 1 fully saturated rings. The Kier molecular flexibility index (Phi) is 3.54. The number of hydrogen-bond acceptors (Lipinski definition) is 5. The van der Waals surface area contributed by atoms with Gasteiger partial charge in [0.25, 0.3) is 0 Å². The topological polar surface area (TPSA) is 71.5 Å². The lowest BCUT2D eigenvalue weighted by atomic mass is 10.0. The second-order valence-electron chi connectivity index (χ2n) is 6.79. The summed E-state index contributed by atoms with van der Waals surface area (Å²) in [7, 11) is 0. The summed E-state index contributed by atoms with van der Waals surface area (Å²) in [4.78, 5) is 30.3. The van der Waals surface area contributed by atoms with Crippen LogP contribution in [0.3, 0.4) is 0 Å². The van der Waals surface area contributed by atoms with Crippen molar-refractivity contribution in [3.63, 3.8) is 0 Å². The minimum Gasteiger partial charge on any atom is -0.443 e. The van der Waals surface area contributed by atoms with Gasteiger partial charge < -0.3 is 10.1 Å². The molecule has 6 heteroatoms. The molecular weight excluding hydrogens is 282 g/mol. The van der Waals surface area contributed by atoms with Gasteiger partial charge in [0.15, 0.2) is 11.6 Å². The number of nitrogens with one attached hydrogen (secondary N) is 1. The zero-order chi connectivity index (χ0) is 15.9. The van der Waals surface area contributed by atoms with Crippen molar-refractivity contribution in [2.24, 2.45) is 0 Å². The quantitative estimate of drug-likeness (QED) is 0.909. The molecule has 1 aliphatic heterocycles. The number of amides is 1. The van der Waals surface area contributed by atoms with Crippen LogP contribution in [0.4, 0.5) is 16.4 Å². The zero-order valence-corrected chi connectivity index (χ0v) is 13.2. The zero-order valence-electron chi connectivity index (χ0n) is 13.2. The molecule has 0 aromatic carbocycles. The number of nitrogens with zero attached hydrogens (tertiary/aromatic N) is 2. The van der Waals surface area contributed by atoms with Crippen LogP contribution in [-0.2, 0) is 4.74 Å². The molecule has 1 saturated carbocycles. The molecule has 1 aliphatic carbocycles. The fraction of sp³-hybridized carbons (Fsp3) is 0.562. The Balaban J connectivity index is 1.89. The van der Waals surface area contributed by atoms with Gasteiger partial charge in [0.05, 0.1) is 5.56 Å². The maximum Gasteiger partial charge on any atom is 0.416 e. The van der Waals surface area contributed by atoms with Crippen LogP contribution in [0.15, 0.2) is 12.1 Å². The van der Waals surface area contributed by atoms with Crippen molar-refractivity contribution in [3.8, 4) is 0 Å². The highest BCUT2D eigenvalue weighted by Gasteiger charge is 2.32. The molecule has 0 saturated heterocycles. The van der Waals surface area contributed by atoms with Crippen molar-refractivity contribution in [2.45, 2.75) is 51.7 Å². The molecule has 3 rings (SSSR count). The van der Waals surface area contributed by atoms with Crippen LogP contribution in [0.2, 0.25) is 0 Å². The SMILES string of the molecule is CC(C)(C)OC(=O)N1CCC(=O)c2ccc(NC3CC3)nc21. The minimum absolute atomic E-state index is 0.0141. The molecule has 2 aliphatic rings. The van der Waals surface area contributed by atoms with Crippen LogP contribution in [0, 0.1) is 0 Å². The average Bonchev–Trinajstić information content (AvgIpc) is 3.21. The molecule has 1 aromatic heterocycles. The Morgan fingerprint density at radius 1 is 1.36 bits per heavy atom. The van der Waals surface area contributed by atoms with Gasteiger partial charge in [-0.25, -0.2) is 9.78 Å². The predicted molar refractivity (Wildman–Crippen MR) is 83.4 cm³/mol. The van der Waals surface area contributed by atoms with Gasteiger partial charge in [0.2, 0.25) is 0 Å². The number of rotatable bonds is 2. The summed E-state index contributed by atoms with van der Waals surface area (Å²) >= 11 is 0. The maximum atomic E-state index is 12.4. The first-order chi connectivity index (χ1) is 10.3. The molecule has 0 bridgehead atoms. The summed E-state index contributed by atoms with van der Waals surface area (Å²) < 4.78 is 5.42. The average molecular weight is 303 g/mol. The van der Waals surface area contributed by atoms with Gasteiger partial charge in [-0.15, -0.1) is 0 Å². The Labute approximate surface area is 129 Å². The number of hydrogen-bond donors (Lipinski definition) is 1. The second kappa shape index (κ2) is 5.26. The first kappa shape index (κ1) is 14.8. The number of fused-ring (bicyclic) bond motifs is 1. The number of aromatic nitrogens is 1. The molecule has 1 amide bonds. The van der Waals surface area contributed by atoms with E-state index in [1.54, 1.807) is 12.1 Å². The lowest BCUT2D eigenvalue weighted by Gasteiger charge is -2.30. The van der Waals surface area contributed by atoms with Gasteiger partial charge in [0.1, 0.15) is 11.4 Å². The van der Waals surface area contributed by atoms with E-state index in [-0.39, 0.29) is 5.78 Å². The molecule has 6 nitrogen and oxygen atoms in total. The lowest BCUT2D eigenvalue weighted by Crippen LogP contribution is -2.41. The summed E-state index contributed by atoms with van der Waals surface area (Å²) in [6.07, 6.45) is 2.10. The molecule has 0 spiro atoms. The van der Waals surface area contributed by atoms with Crippen molar-refractivity contribution in [1.82, 2.24) is 4.98 Å². The molecule has 118 valence electrons. The molecule has 0 unspecified atom stereocenters. The van der Waals surface area contributed by atoms with Crippen LogP contribution < -0.4 is 10.2 Å². The first-order valence-electron chi connectivity index (χ1n) is 7.65. The minimum atomic E-state index is -0.581. The van der Waals surface area contributed by atoms with Crippen LogP contribution in [0.1, 0.15) is 50.4 Å². The Hall–Kier alpha value is -2.11. The smallest absolute Gasteiger partial charge is 0.416 e. The molecule has 1 N–H and O–H groups in total. The number of ketones is 1. The van der Waals surface area contributed by atoms with Gasteiger partial charge in [-0.2, -0.15) is 0 Å². The van der Waals surface area contributed by atoms with Crippen LogP contribution in [0.25, 0.3) is 0 Å². The summed E-state index contributed by atoms with van der Waals surface area (Å²) in [5.74, 6) is 1.11. The van der Waals surface area contributed by atoms with Crippen LogP contribution in [0.5, 0.6) is 0 Å². The summed E-state index contributed by atoms with van der Waals surface area (Å²) in [5.41, 5.74) is -0.0961. The van der Waals surface area contributed by atoms with Gasteiger partial charge in [-0.05, 0) is 45.7 Å². The van der Waals surface area contributed by atoms with Crippen molar-refractivity contribution in [3.05, 3.63) is 17.7 Å². The highest BCUT2D eigenvalue weighted by Crippen LogP contribution is 2.30. The van der Waals surface area contributed by atoms with Gasteiger partial charge in [-0.1, -0.05) is 0 Å². The van der Waals surface area contributed by atoms with E-state index in [1.807, 2.05) is 20.8 Å². The largest absolute Gasteiger partial charge is 0.443 e. The van der Waals surface area contributed by atoms with E-state index in [0.29, 0.717) is 36.2 Å². The maximum absolute atomic E-state index is 12.4. The number of carbonyl (C=O) groups excluding carboxylic acids is 2. The third-order valence-corrected chi connectivity index (χ3v) is 3.54. The van der Waals surface area contributed by atoms with E-state index in [0.717, 1.165) is 12.8 Å². The highest BCUT2D eigenvalue weighted by molar-refractivity contribution is 6.06. The Morgan fingerprint density at radius 3 is 2.73 bits per heavy atom. The summed E-state index contributed by atoms with van der Waals surface area (Å²) in [6.45, 7) is 5.76. The van der Waals surface area contributed by atoms with E-state index < -0.39 is 11.7 Å².